The number of nitrogens with zero attached hydrogens (tertiary/aromatic N) is 2. The van der Waals surface area contributed by atoms with Crippen molar-refractivity contribution >= 4 is 17.5 Å². The fourth-order valence-corrected chi connectivity index (χ4v) is 5.48. The molecule has 2 heterocycles. The molecule has 0 bridgehead atoms. The molecule has 1 aromatic carbocycles. The van der Waals surface area contributed by atoms with Gasteiger partial charge in [0.2, 0.25) is 11.8 Å². The lowest BCUT2D eigenvalue weighted by Gasteiger charge is -2.35. The third-order valence-corrected chi connectivity index (χ3v) is 7.63. The molecule has 2 fully saturated rings. The summed E-state index contributed by atoms with van der Waals surface area (Å²) in [5.41, 5.74) is 2.51. The van der Waals surface area contributed by atoms with E-state index in [1.165, 1.54) is 12.0 Å². The van der Waals surface area contributed by atoms with E-state index in [9.17, 15) is 9.59 Å². The zero-order chi connectivity index (χ0) is 25.9. The Kier molecular flexibility index (Phi) is 7.84. The van der Waals surface area contributed by atoms with Crippen LogP contribution in [-0.4, -0.2) is 34.4 Å². The van der Waals surface area contributed by atoms with Gasteiger partial charge in [0.25, 0.3) is 0 Å². The van der Waals surface area contributed by atoms with E-state index >= 15 is 0 Å². The topological polar surface area (TPSA) is 74.3 Å². The number of benzene rings is 1. The molecule has 1 saturated carbocycles. The molecular formula is C30H42N4O2. The van der Waals surface area contributed by atoms with Gasteiger partial charge < -0.3 is 10.6 Å². The summed E-state index contributed by atoms with van der Waals surface area (Å²) in [5, 5.41) is 6.79. The standard InChI is InChI=1S/C30H42N4O2/c1-29(2,3)22-13-15-24(16-14-22)34(28(36)25-17-18-30(4,5)33-25)26(21-10-9-19-31-20-21)27(35)32-23-11-7-6-8-12-23/h9-10,13-16,19-20,23,25-26,33H,6-8,11-12,17-18H2,1-5H3,(H,32,35). The van der Waals surface area contributed by atoms with Crippen molar-refractivity contribution in [2.75, 3.05) is 4.90 Å². The number of anilines is 1. The normalized spacial score (nSPS) is 21.1. The van der Waals surface area contributed by atoms with Gasteiger partial charge in [0, 0.05) is 35.2 Å². The fraction of sp³-hybridized carbons (Fsp3) is 0.567. The van der Waals surface area contributed by atoms with Crippen molar-refractivity contribution in [3.8, 4) is 0 Å². The number of rotatable bonds is 6. The summed E-state index contributed by atoms with van der Waals surface area (Å²) >= 11 is 0. The molecule has 0 radical (unpaired) electrons. The molecule has 2 aliphatic rings. The average Bonchev–Trinajstić information content (AvgIpc) is 3.22. The molecule has 2 N–H and O–H groups in total. The number of pyridine rings is 1. The van der Waals surface area contributed by atoms with Crippen LogP contribution in [0.3, 0.4) is 0 Å². The molecule has 2 unspecified atom stereocenters. The number of nitrogens with one attached hydrogen (secondary N) is 2. The van der Waals surface area contributed by atoms with Gasteiger partial charge >= 0.3 is 0 Å². The second-order valence-corrected chi connectivity index (χ2v) is 12.2. The Hall–Kier alpha value is -2.73. The minimum absolute atomic E-state index is 0.00842. The number of hydrogen-bond donors (Lipinski definition) is 2. The molecule has 6 nitrogen and oxygen atoms in total. The quantitative estimate of drug-likeness (QED) is 0.566. The van der Waals surface area contributed by atoms with Crippen molar-refractivity contribution in [1.29, 1.82) is 0 Å². The zero-order valence-corrected chi connectivity index (χ0v) is 22.5. The third kappa shape index (κ3) is 6.15. The van der Waals surface area contributed by atoms with Crippen LogP contribution in [0.15, 0.2) is 48.8 Å². The van der Waals surface area contributed by atoms with Gasteiger partial charge in [-0.05, 0) is 68.7 Å². The van der Waals surface area contributed by atoms with E-state index in [1.54, 1.807) is 17.3 Å². The highest BCUT2D eigenvalue weighted by atomic mass is 16.2. The molecule has 2 atom stereocenters. The van der Waals surface area contributed by atoms with Gasteiger partial charge in [-0.2, -0.15) is 0 Å². The maximum atomic E-state index is 14.2. The lowest BCUT2D eigenvalue weighted by atomic mass is 9.87. The predicted molar refractivity (Wildman–Crippen MR) is 145 cm³/mol. The number of aromatic nitrogens is 1. The molecule has 2 aromatic rings. The zero-order valence-electron chi connectivity index (χ0n) is 22.5. The van der Waals surface area contributed by atoms with Crippen molar-refractivity contribution in [3.05, 3.63) is 59.9 Å². The Labute approximate surface area is 216 Å². The van der Waals surface area contributed by atoms with E-state index in [0.29, 0.717) is 0 Å². The Morgan fingerprint density at radius 3 is 2.31 bits per heavy atom. The largest absolute Gasteiger partial charge is 0.351 e. The Morgan fingerprint density at radius 2 is 1.75 bits per heavy atom. The molecular weight excluding hydrogens is 448 g/mol. The molecule has 1 aliphatic carbocycles. The van der Waals surface area contributed by atoms with E-state index in [0.717, 1.165) is 49.8 Å². The first-order valence-corrected chi connectivity index (χ1v) is 13.5. The molecule has 1 aliphatic heterocycles. The maximum absolute atomic E-state index is 14.2. The van der Waals surface area contributed by atoms with Crippen LogP contribution in [0.1, 0.15) is 96.7 Å². The van der Waals surface area contributed by atoms with Crippen molar-refractivity contribution < 1.29 is 9.59 Å². The smallest absolute Gasteiger partial charge is 0.248 e. The summed E-state index contributed by atoms with van der Waals surface area (Å²) < 4.78 is 0. The molecule has 2 amide bonds. The summed E-state index contributed by atoms with van der Waals surface area (Å²) in [4.78, 5) is 34.1. The Balaban J connectivity index is 1.75. The van der Waals surface area contributed by atoms with Gasteiger partial charge in [-0.3, -0.25) is 19.5 Å². The number of carbonyl (C=O) groups is 2. The van der Waals surface area contributed by atoms with Gasteiger partial charge in [-0.1, -0.05) is 58.2 Å². The number of hydrogen-bond acceptors (Lipinski definition) is 4. The second-order valence-electron chi connectivity index (χ2n) is 12.2. The van der Waals surface area contributed by atoms with E-state index < -0.39 is 6.04 Å². The highest BCUT2D eigenvalue weighted by Gasteiger charge is 2.41. The van der Waals surface area contributed by atoms with E-state index in [-0.39, 0.29) is 34.9 Å². The van der Waals surface area contributed by atoms with Crippen LogP contribution in [0, 0.1) is 0 Å². The highest BCUT2D eigenvalue weighted by molar-refractivity contribution is 6.04. The van der Waals surface area contributed by atoms with Crippen LogP contribution < -0.4 is 15.5 Å². The van der Waals surface area contributed by atoms with Gasteiger partial charge in [0.1, 0.15) is 6.04 Å². The van der Waals surface area contributed by atoms with Crippen LogP contribution >= 0.6 is 0 Å². The first kappa shape index (κ1) is 26.3. The Bertz CT molecular complexity index is 1040. The Morgan fingerprint density at radius 1 is 1.06 bits per heavy atom. The fourth-order valence-electron chi connectivity index (χ4n) is 5.48. The van der Waals surface area contributed by atoms with Gasteiger partial charge in [0.15, 0.2) is 0 Å². The van der Waals surface area contributed by atoms with Gasteiger partial charge in [-0.15, -0.1) is 0 Å². The van der Waals surface area contributed by atoms with Gasteiger partial charge in [-0.25, -0.2) is 0 Å². The minimum atomic E-state index is -0.792. The first-order valence-electron chi connectivity index (χ1n) is 13.5. The molecule has 194 valence electrons. The van der Waals surface area contributed by atoms with Crippen molar-refractivity contribution in [2.24, 2.45) is 0 Å². The first-order chi connectivity index (χ1) is 17.0. The number of amides is 2. The SMILES string of the molecule is CC1(C)CCC(C(=O)N(c2ccc(C(C)(C)C)cc2)C(C(=O)NC2CCCCC2)c2cccnc2)N1. The van der Waals surface area contributed by atoms with Gasteiger partial charge in [0.05, 0.1) is 6.04 Å². The summed E-state index contributed by atoms with van der Waals surface area (Å²) in [6, 6.07) is 10.8. The summed E-state index contributed by atoms with van der Waals surface area (Å²) in [6.45, 7) is 10.8. The average molecular weight is 491 g/mol. The molecule has 6 heteroatoms. The van der Waals surface area contributed by atoms with Crippen LogP contribution in [0.2, 0.25) is 0 Å². The molecule has 4 rings (SSSR count). The van der Waals surface area contributed by atoms with Crippen LogP contribution in [0.4, 0.5) is 5.69 Å². The van der Waals surface area contributed by atoms with Crippen LogP contribution in [0.5, 0.6) is 0 Å². The maximum Gasteiger partial charge on any atom is 0.248 e. The third-order valence-electron chi connectivity index (χ3n) is 7.63. The van der Waals surface area contributed by atoms with E-state index in [4.69, 9.17) is 0 Å². The molecule has 36 heavy (non-hydrogen) atoms. The van der Waals surface area contributed by atoms with Crippen molar-refractivity contribution in [2.45, 2.75) is 109 Å². The lowest BCUT2D eigenvalue weighted by molar-refractivity contribution is -0.128. The van der Waals surface area contributed by atoms with E-state index in [1.807, 2.05) is 24.3 Å². The van der Waals surface area contributed by atoms with Crippen LogP contribution in [-0.2, 0) is 15.0 Å². The summed E-state index contributed by atoms with van der Waals surface area (Å²) in [7, 11) is 0. The summed E-state index contributed by atoms with van der Waals surface area (Å²) in [5.74, 6) is -0.211. The predicted octanol–water partition coefficient (Wildman–Crippen LogP) is 5.43. The second kappa shape index (κ2) is 10.7. The summed E-state index contributed by atoms with van der Waals surface area (Å²) in [6.07, 6.45) is 10.5. The van der Waals surface area contributed by atoms with Crippen molar-refractivity contribution in [1.82, 2.24) is 15.6 Å². The van der Waals surface area contributed by atoms with Crippen molar-refractivity contribution in [3.63, 3.8) is 0 Å². The molecule has 1 aromatic heterocycles. The van der Waals surface area contributed by atoms with E-state index in [2.05, 4.69) is 62.4 Å². The molecule has 1 saturated heterocycles. The minimum Gasteiger partial charge on any atom is -0.351 e. The van der Waals surface area contributed by atoms with Crippen LogP contribution in [0.25, 0.3) is 0 Å². The lowest BCUT2D eigenvalue weighted by Crippen LogP contribution is -2.53. The highest BCUT2D eigenvalue weighted by Crippen LogP contribution is 2.34. The number of carbonyl (C=O) groups excluding carboxylic acids is 2. The molecule has 0 spiro atoms. The monoisotopic (exact) mass is 490 g/mol.